The minimum absolute atomic E-state index is 0.276. The molecule has 20 heavy (non-hydrogen) atoms. The number of carbonyl (C=O) groups excluding carboxylic acids is 2. The Morgan fingerprint density at radius 1 is 0.850 bits per heavy atom. The van der Waals surface area contributed by atoms with E-state index in [1.165, 1.54) is 0 Å². The fourth-order valence-corrected chi connectivity index (χ4v) is 2.41. The summed E-state index contributed by atoms with van der Waals surface area (Å²) in [6.07, 6.45) is 9.28. The van der Waals surface area contributed by atoms with Crippen LogP contribution in [0.15, 0.2) is 0 Å². The highest BCUT2D eigenvalue weighted by atomic mass is 32.2. The Labute approximate surface area is 127 Å². The second-order valence-electron chi connectivity index (χ2n) is 4.81. The number of aliphatic carboxylic acids is 2. The van der Waals surface area contributed by atoms with Crippen molar-refractivity contribution >= 4 is 33.7 Å². The van der Waals surface area contributed by atoms with Crippen LogP contribution in [0.5, 0.6) is 0 Å². The predicted octanol–water partition coefficient (Wildman–Crippen LogP) is -3.34. The van der Waals surface area contributed by atoms with Crippen molar-refractivity contribution in [1.82, 2.24) is 0 Å². The fourth-order valence-electron chi connectivity index (χ4n) is 0.961. The first-order valence-electron chi connectivity index (χ1n) is 6.09. The molecule has 0 bridgehead atoms. The van der Waals surface area contributed by atoms with Gasteiger partial charge in [-0.1, -0.05) is 0 Å². The Morgan fingerprint density at radius 2 is 1.10 bits per heavy atom. The van der Waals surface area contributed by atoms with Crippen LogP contribution in [-0.2, 0) is 31.4 Å². The zero-order valence-corrected chi connectivity index (χ0v) is 14.2. The normalized spacial score (nSPS) is 13.6. The number of nitrogens with two attached hydrogens (primary N) is 2. The number of rotatable bonds is 8. The zero-order valence-electron chi connectivity index (χ0n) is 12.6. The second kappa shape index (κ2) is 12.3. The van der Waals surface area contributed by atoms with Gasteiger partial charge in [0.05, 0.1) is 37.0 Å². The summed E-state index contributed by atoms with van der Waals surface area (Å²) in [4.78, 5) is 20.2. The first kappa shape index (κ1) is 21.9. The number of hydrogen-bond donors (Lipinski definition) is 2. The van der Waals surface area contributed by atoms with Gasteiger partial charge in [0.2, 0.25) is 0 Å². The van der Waals surface area contributed by atoms with E-state index in [9.17, 15) is 19.8 Å². The van der Waals surface area contributed by atoms with Crippen molar-refractivity contribution in [2.75, 3.05) is 36.5 Å². The van der Waals surface area contributed by atoms with Crippen molar-refractivity contribution in [2.24, 2.45) is 11.5 Å². The summed E-state index contributed by atoms with van der Waals surface area (Å²) in [6.45, 7) is 0. The molecule has 4 N–H and O–H groups in total. The predicted molar refractivity (Wildman–Crippen MR) is 83.4 cm³/mol. The van der Waals surface area contributed by atoms with Crippen molar-refractivity contribution in [3.63, 3.8) is 0 Å². The van der Waals surface area contributed by atoms with Gasteiger partial charge in [-0.3, -0.25) is 0 Å². The molecule has 0 aliphatic rings. The molecule has 0 rings (SSSR count). The Balaban J connectivity index is 0. The molecule has 0 amide bonds. The molecule has 0 aromatic heterocycles. The number of hydrogen-bond acceptors (Lipinski definition) is 6. The fraction of sp³-hybridized carbons (Fsp3) is 0.833. The van der Waals surface area contributed by atoms with Crippen LogP contribution in [0.4, 0.5) is 0 Å². The number of carboxylic acids is 2. The summed E-state index contributed by atoms with van der Waals surface area (Å²) in [5, 5.41) is 20.2. The molecule has 6 nitrogen and oxygen atoms in total. The summed E-state index contributed by atoms with van der Waals surface area (Å²) >= 11 is 0. The van der Waals surface area contributed by atoms with Gasteiger partial charge in [-0.05, 0) is 21.8 Å². The molecular weight excluding hydrogens is 300 g/mol. The topological polar surface area (TPSA) is 132 Å². The van der Waals surface area contributed by atoms with Crippen LogP contribution in [0.25, 0.3) is 0 Å². The van der Waals surface area contributed by atoms with Crippen LogP contribution in [0.3, 0.4) is 0 Å². The van der Waals surface area contributed by atoms with Crippen LogP contribution < -0.4 is 21.7 Å². The summed E-state index contributed by atoms with van der Waals surface area (Å²) in [6, 6.07) is -1.57. The average molecular weight is 326 g/mol. The third-order valence-electron chi connectivity index (χ3n) is 2.28. The molecule has 0 saturated heterocycles. The standard InChI is InChI=1S/2C6H13NO2S/c2*1-10(2)4-3-5(7)6(8)9/h2*5H,3-4,7H2,1-2H3/t2*5-/m00/s1. The third-order valence-corrected chi connectivity index (χ3v) is 4.38. The molecule has 2 atom stereocenters. The molecule has 0 aromatic carbocycles. The van der Waals surface area contributed by atoms with E-state index in [1.54, 1.807) is 0 Å². The van der Waals surface area contributed by atoms with Crippen LogP contribution in [0.2, 0.25) is 0 Å². The summed E-state index contributed by atoms with van der Waals surface area (Å²) in [7, 11) is 0.552. The van der Waals surface area contributed by atoms with Crippen LogP contribution in [0, 0.1) is 0 Å². The Bertz CT molecular complexity index is 261. The first-order valence-corrected chi connectivity index (χ1v) is 10.5. The molecule has 0 spiro atoms. The van der Waals surface area contributed by atoms with Crippen molar-refractivity contribution in [3.8, 4) is 0 Å². The van der Waals surface area contributed by atoms with Gasteiger partial charge in [-0.25, -0.2) is 0 Å². The largest absolute Gasteiger partial charge is 0.548 e. The van der Waals surface area contributed by atoms with Crippen LogP contribution in [-0.4, -0.2) is 60.6 Å². The lowest BCUT2D eigenvalue weighted by atomic mass is 10.2. The van der Waals surface area contributed by atoms with E-state index in [2.05, 4.69) is 25.0 Å². The Morgan fingerprint density at radius 3 is 1.25 bits per heavy atom. The van der Waals surface area contributed by atoms with Gasteiger partial charge in [0.25, 0.3) is 0 Å². The lowest BCUT2D eigenvalue weighted by molar-refractivity contribution is -0.308. The second-order valence-corrected chi connectivity index (χ2v) is 9.57. The zero-order chi connectivity index (χ0) is 16.3. The first-order chi connectivity index (χ1) is 9.07. The summed E-state index contributed by atoms with van der Waals surface area (Å²) in [5.74, 6) is -0.555. The molecule has 0 fully saturated rings. The average Bonchev–Trinajstić information content (AvgIpc) is 2.33. The van der Waals surface area contributed by atoms with E-state index < -0.39 is 24.0 Å². The van der Waals surface area contributed by atoms with E-state index in [0.717, 1.165) is 11.5 Å². The van der Waals surface area contributed by atoms with Crippen molar-refractivity contribution in [2.45, 2.75) is 24.9 Å². The summed E-state index contributed by atoms with van der Waals surface area (Å²) < 4.78 is 0. The molecule has 0 heterocycles. The SMILES string of the molecule is C[S+](C)CC[C@H](N)C(=O)[O-].C[S+](C)CC[C@H](N)C(=O)[O-]. The maximum absolute atomic E-state index is 10.1. The van der Waals surface area contributed by atoms with Gasteiger partial charge in [0, 0.05) is 24.9 Å². The van der Waals surface area contributed by atoms with Crippen LogP contribution >= 0.6 is 0 Å². The Hall–Kier alpha value is -0.440. The maximum atomic E-state index is 10.1. The molecule has 0 saturated carbocycles. The monoisotopic (exact) mass is 326 g/mol. The molecule has 0 aliphatic heterocycles. The molecule has 0 radical (unpaired) electrons. The lowest BCUT2D eigenvalue weighted by Crippen LogP contribution is -2.42. The molecular formula is C12H26N2O4S2. The van der Waals surface area contributed by atoms with Gasteiger partial charge >= 0.3 is 0 Å². The molecule has 0 aromatic rings. The van der Waals surface area contributed by atoms with E-state index >= 15 is 0 Å². The van der Waals surface area contributed by atoms with Crippen LogP contribution in [0.1, 0.15) is 12.8 Å². The van der Waals surface area contributed by atoms with E-state index in [4.69, 9.17) is 11.5 Å². The highest BCUT2D eigenvalue weighted by Gasteiger charge is 2.09. The smallest absolute Gasteiger partial charge is 0.109 e. The summed E-state index contributed by atoms with van der Waals surface area (Å²) in [5.41, 5.74) is 10.4. The lowest BCUT2D eigenvalue weighted by Gasteiger charge is -2.09. The third kappa shape index (κ3) is 15.6. The molecule has 0 unspecified atom stereocenters. The minimum Gasteiger partial charge on any atom is -0.548 e. The quantitative estimate of drug-likeness (QED) is 0.448. The van der Waals surface area contributed by atoms with Crippen molar-refractivity contribution < 1.29 is 19.8 Å². The van der Waals surface area contributed by atoms with Gasteiger partial charge in [0.15, 0.2) is 0 Å². The molecule has 8 heteroatoms. The van der Waals surface area contributed by atoms with E-state index in [1.807, 2.05) is 0 Å². The number of carboxylic acid groups (broad SMARTS) is 2. The molecule has 120 valence electrons. The highest BCUT2D eigenvalue weighted by Crippen LogP contribution is 1.93. The highest BCUT2D eigenvalue weighted by molar-refractivity contribution is 7.95. The number of carbonyl (C=O) groups is 2. The van der Waals surface area contributed by atoms with Crippen molar-refractivity contribution in [3.05, 3.63) is 0 Å². The van der Waals surface area contributed by atoms with Gasteiger partial charge in [-0.2, -0.15) is 0 Å². The van der Waals surface area contributed by atoms with E-state index in [-0.39, 0.29) is 21.8 Å². The molecule has 0 aliphatic carbocycles. The minimum atomic E-state index is -1.15. The van der Waals surface area contributed by atoms with Gasteiger partial charge < -0.3 is 31.3 Å². The Kier molecular flexibility index (Phi) is 13.5. The van der Waals surface area contributed by atoms with E-state index in [0.29, 0.717) is 12.8 Å². The van der Waals surface area contributed by atoms with Crippen molar-refractivity contribution in [1.29, 1.82) is 0 Å². The van der Waals surface area contributed by atoms with Gasteiger partial charge in [0.1, 0.15) is 11.5 Å². The van der Waals surface area contributed by atoms with Gasteiger partial charge in [-0.15, -0.1) is 0 Å². The maximum Gasteiger partial charge on any atom is 0.109 e.